The standard InChI is InChI=1S/C26H30N2O11/c1-35-16-7-6-14(19(13-16)36-2)10-18(25(32)27-17(26(33)34)8-9-22(29)30)28-24(31)15-11-20(37-3)23(39-5)21(12-15)38-4/h6-7,10-13,17H,8-9H2,1-5H3,(H,27,32)(H,28,31)(H,29,30)(H,33,34)/b18-10+/t17-/m0/s1. The molecule has 0 aromatic heterocycles. The maximum Gasteiger partial charge on any atom is 0.326 e. The Morgan fingerprint density at radius 1 is 0.846 bits per heavy atom. The summed E-state index contributed by atoms with van der Waals surface area (Å²) in [4.78, 5) is 49.0. The van der Waals surface area contributed by atoms with E-state index >= 15 is 0 Å². The summed E-state index contributed by atoms with van der Waals surface area (Å²) in [6.07, 6.45) is 0.399. The largest absolute Gasteiger partial charge is 0.497 e. The van der Waals surface area contributed by atoms with Crippen LogP contribution in [0.4, 0.5) is 0 Å². The van der Waals surface area contributed by atoms with Crippen LogP contribution < -0.4 is 34.3 Å². The van der Waals surface area contributed by atoms with Crippen molar-refractivity contribution in [3.63, 3.8) is 0 Å². The first-order valence-corrected chi connectivity index (χ1v) is 11.4. The molecule has 2 aromatic rings. The molecule has 2 aromatic carbocycles. The van der Waals surface area contributed by atoms with Gasteiger partial charge in [0.15, 0.2) is 11.5 Å². The molecule has 39 heavy (non-hydrogen) atoms. The van der Waals surface area contributed by atoms with E-state index in [1.54, 1.807) is 18.2 Å². The maximum atomic E-state index is 13.2. The Hall–Kier alpha value is -4.94. The number of carbonyl (C=O) groups excluding carboxylic acids is 2. The van der Waals surface area contributed by atoms with Gasteiger partial charge in [0.2, 0.25) is 5.75 Å². The van der Waals surface area contributed by atoms with Gasteiger partial charge in [0.25, 0.3) is 11.8 Å². The lowest BCUT2D eigenvalue weighted by molar-refractivity contribution is -0.142. The van der Waals surface area contributed by atoms with Crippen molar-refractivity contribution in [3.8, 4) is 28.7 Å². The van der Waals surface area contributed by atoms with Gasteiger partial charge in [-0.25, -0.2) is 4.79 Å². The highest BCUT2D eigenvalue weighted by Crippen LogP contribution is 2.38. The van der Waals surface area contributed by atoms with Gasteiger partial charge in [0.1, 0.15) is 23.2 Å². The average molecular weight is 547 g/mol. The first kappa shape index (κ1) is 30.3. The molecule has 0 heterocycles. The molecule has 0 aliphatic carbocycles. The summed E-state index contributed by atoms with van der Waals surface area (Å²) in [5.41, 5.74) is 0.0374. The van der Waals surface area contributed by atoms with Crippen molar-refractivity contribution in [1.29, 1.82) is 0 Å². The minimum absolute atomic E-state index is 0.0329. The number of hydrogen-bond donors (Lipinski definition) is 4. The first-order valence-electron chi connectivity index (χ1n) is 11.4. The van der Waals surface area contributed by atoms with E-state index in [0.29, 0.717) is 17.1 Å². The third-order valence-electron chi connectivity index (χ3n) is 5.41. The molecular weight excluding hydrogens is 516 g/mol. The molecule has 0 spiro atoms. The zero-order valence-corrected chi connectivity index (χ0v) is 22.0. The zero-order valence-electron chi connectivity index (χ0n) is 22.0. The number of benzene rings is 2. The van der Waals surface area contributed by atoms with Crippen LogP contribution in [0.3, 0.4) is 0 Å². The third-order valence-corrected chi connectivity index (χ3v) is 5.41. The quantitative estimate of drug-likeness (QED) is 0.254. The molecule has 13 nitrogen and oxygen atoms in total. The minimum Gasteiger partial charge on any atom is -0.497 e. The van der Waals surface area contributed by atoms with Crippen molar-refractivity contribution in [2.45, 2.75) is 18.9 Å². The van der Waals surface area contributed by atoms with Crippen LogP contribution >= 0.6 is 0 Å². The fourth-order valence-electron chi connectivity index (χ4n) is 3.42. The maximum absolute atomic E-state index is 13.2. The number of amides is 2. The van der Waals surface area contributed by atoms with Gasteiger partial charge in [-0.2, -0.15) is 0 Å². The van der Waals surface area contributed by atoms with Crippen LogP contribution in [0.2, 0.25) is 0 Å². The molecule has 2 rings (SSSR count). The summed E-state index contributed by atoms with van der Waals surface area (Å²) < 4.78 is 26.3. The van der Waals surface area contributed by atoms with Crippen LogP contribution in [0.25, 0.3) is 6.08 Å². The molecule has 0 fully saturated rings. The fourth-order valence-corrected chi connectivity index (χ4v) is 3.42. The Morgan fingerprint density at radius 3 is 1.95 bits per heavy atom. The molecule has 0 aliphatic heterocycles. The van der Waals surface area contributed by atoms with E-state index in [2.05, 4.69) is 10.6 Å². The van der Waals surface area contributed by atoms with Crippen LogP contribution in [0.5, 0.6) is 28.7 Å². The average Bonchev–Trinajstić information content (AvgIpc) is 2.93. The number of rotatable bonds is 14. The normalized spacial score (nSPS) is 11.6. The number of hydrogen-bond acceptors (Lipinski definition) is 9. The van der Waals surface area contributed by atoms with Gasteiger partial charge in [0, 0.05) is 23.6 Å². The Morgan fingerprint density at radius 2 is 1.46 bits per heavy atom. The summed E-state index contributed by atoms with van der Waals surface area (Å²) in [6, 6.07) is 5.91. The Bertz CT molecular complexity index is 1230. The van der Waals surface area contributed by atoms with E-state index in [4.69, 9.17) is 28.8 Å². The van der Waals surface area contributed by atoms with E-state index in [9.17, 15) is 24.3 Å². The van der Waals surface area contributed by atoms with Gasteiger partial charge in [-0.15, -0.1) is 0 Å². The topological polar surface area (TPSA) is 179 Å². The molecule has 4 N–H and O–H groups in total. The molecule has 0 unspecified atom stereocenters. The molecule has 13 heteroatoms. The van der Waals surface area contributed by atoms with E-state index in [-0.39, 0.29) is 34.9 Å². The van der Waals surface area contributed by atoms with E-state index in [0.717, 1.165) is 0 Å². The highest BCUT2D eigenvalue weighted by molar-refractivity contribution is 6.06. The van der Waals surface area contributed by atoms with Crippen LogP contribution in [-0.4, -0.2) is 75.6 Å². The fraction of sp³-hybridized carbons (Fsp3) is 0.308. The SMILES string of the molecule is COc1ccc(/C=C(/NC(=O)c2cc(OC)c(OC)c(OC)c2)C(=O)N[C@@H](CCC(=O)O)C(=O)O)c(OC)c1. The van der Waals surface area contributed by atoms with Crippen molar-refractivity contribution >= 4 is 29.8 Å². The highest BCUT2D eigenvalue weighted by atomic mass is 16.5. The summed E-state index contributed by atoms with van der Waals surface area (Å²) in [5, 5.41) is 23.1. The lowest BCUT2D eigenvalue weighted by Crippen LogP contribution is -2.44. The third kappa shape index (κ3) is 8.02. The molecular formula is C26H30N2O11. The summed E-state index contributed by atoms with van der Waals surface area (Å²) in [7, 11) is 7.00. The predicted octanol–water partition coefficient (Wildman–Crippen LogP) is 1.93. The number of carboxylic acid groups (broad SMARTS) is 2. The molecule has 1 atom stereocenters. The van der Waals surface area contributed by atoms with E-state index in [1.807, 2.05) is 0 Å². The number of ether oxygens (including phenoxy) is 5. The van der Waals surface area contributed by atoms with Crippen molar-refractivity contribution < 1.29 is 53.1 Å². The molecule has 0 bridgehead atoms. The number of methoxy groups -OCH3 is 5. The van der Waals surface area contributed by atoms with Crippen molar-refractivity contribution in [1.82, 2.24) is 10.6 Å². The summed E-state index contributed by atoms with van der Waals surface area (Å²) in [6.45, 7) is 0. The second-order valence-corrected chi connectivity index (χ2v) is 7.83. The Labute approximate surface area is 224 Å². The van der Waals surface area contributed by atoms with E-state index in [1.165, 1.54) is 53.8 Å². The second-order valence-electron chi connectivity index (χ2n) is 7.83. The number of aliphatic carboxylic acids is 2. The monoisotopic (exact) mass is 546 g/mol. The van der Waals surface area contributed by atoms with Crippen molar-refractivity contribution in [3.05, 3.63) is 47.2 Å². The summed E-state index contributed by atoms with van der Waals surface area (Å²) >= 11 is 0. The lowest BCUT2D eigenvalue weighted by Gasteiger charge is -2.17. The number of carbonyl (C=O) groups is 4. The molecule has 0 radical (unpaired) electrons. The molecule has 0 saturated heterocycles. The molecule has 0 saturated carbocycles. The van der Waals surface area contributed by atoms with Gasteiger partial charge in [-0.3, -0.25) is 14.4 Å². The number of carboxylic acids is 2. The van der Waals surface area contributed by atoms with Gasteiger partial charge in [0.05, 0.1) is 35.5 Å². The van der Waals surface area contributed by atoms with Crippen LogP contribution in [-0.2, 0) is 14.4 Å². The first-order chi connectivity index (χ1) is 18.6. The highest BCUT2D eigenvalue weighted by Gasteiger charge is 2.25. The van der Waals surface area contributed by atoms with Crippen molar-refractivity contribution in [2.75, 3.05) is 35.5 Å². The van der Waals surface area contributed by atoms with Gasteiger partial charge in [-0.1, -0.05) is 0 Å². The Balaban J connectivity index is 2.54. The van der Waals surface area contributed by atoms with Crippen LogP contribution in [0.1, 0.15) is 28.8 Å². The van der Waals surface area contributed by atoms with Gasteiger partial charge >= 0.3 is 11.9 Å². The molecule has 2 amide bonds. The summed E-state index contributed by atoms with van der Waals surface area (Å²) in [5.74, 6) is -3.03. The van der Waals surface area contributed by atoms with E-state index < -0.39 is 36.2 Å². The van der Waals surface area contributed by atoms with Crippen molar-refractivity contribution in [2.24, 2.45) is 0 Å². The molecule has 210 valence electrons. The van der Waals surface area contributed by atoms with Gasteiger partial charge < -0.3 is 44.5 Å². The second kappa shape index (κ2) is 14.1. The Kier molecular flexibility index (Phi) is 11.0. The minimum atomic E-state index is -1.53. The lowest BCUT2D eigenvalue weighted by atomic mass is 10.1. The molecule has 0 aliphatic rings. The van der Waals surface area contributed by atoms with Crippen LogP contribution in [0, 0.1) is 0 Å². The zero-order chi connectivity index (χ0) is 29.1. The smallest absolute Gasteiger partial charge is 0.326 e. The number of nitrogens with one attached hydrogen (secondary N) is 2. The predicted molar refractivity (Wildman–Crippen MR) is 138 cm³/mol. The van der Waals surface area contributed by atoms with Crippen LogP contribution in [0.15, 0.2) is 36.0 Å². The van der Waals surface area contributed by atoms with Gasteiger partial charge in [-0.05, 0) is 36.8 Å².